The molecule has 1 saturated heterocycles. The SMILES string of the molecule is Cc1cccc(CN=C(N)N2CCCC(C)C2)n1.I. The predicted molar refractivity (Wildman–Crippen MR) is 89.7 cm³/mol. The van der Waals surface area contributed by atoms with Crippen LogP contribution in [-0.2, 0) is 6.54 Å². The molecule has 1 fully saturated rings. The van der Waals surface area contributed by atoms with Gasteiger partial charge in [0.25, 0.3) is 0 Å². The number of hydrogen-bond acceptors (Lipinski definition) is 2. The summed E-state index contributed by atoms with van der Waals surface area (Å²) < 4.78 is 0. The minimum absolute atomic E-state index is 0. The van der Waals surface area contributed by atoms with Gasteiger partial charge in [0.1, 0.15) is 0 Å². The number of nitrogens with zero attached hydrogens (tertiary/aromatic N) is 3. The van der Waals surface area contributed by atoms with Crippen LogP contribution >= 0.6 is 24.0 Å². The quantitative estimate of drug-likeness (QED) is 0.492. The normalized spacial score (nSPS) is 20.0. The fourth-order valence-electron chi connectivity index (χ4n) is 2.35. The van der Waals surface area contributed by atoms with Crippen molar-refractivity contribution in [2.45, 2.75) is 33.2 Å². The van der Waals surface area contributed by atoms with Crippen molar-refractivity contribution >= 4 is 29.9 Å². The summed E-state index contributed by atoms with van der Waals surface area (Å²) in [6, 6.07) is 5.98. The van der Waals surface area contributed by atoms with Crippen molar-refractivity contribution in [2.75, 3.05) is 13.1 Å². The standard InChI is InChI=1S/C14H22N4.HI/c1-11-5-4-8-18(10-11)14(15)16-9-13-7-3-6-12(2)17-13;/h3,6-7,11H,4-5,8-10H2,1-2H3,(H2,15,16);1H. The molecule has 0 bridgehead atoms. The van der Waals surface area contributed by atoms with Gasteiger partial charge in [-0.1, -0.05) is 13.0 Å². The number of nitrogens with two attached hydrogens (primary N) is 1. The van der Waals surface area contributed by atoms with Gasteiger partial charge in [-0.25, -0.2) is 4.99 Å². The van der Waals surface area contributed by atoms with Gasteiger partial charge in [0.05, 0.1) is 12.2 Å². The smallest absolute Gasteiger partial charge is 0.191 e. The first-order valence-electron chi connectivity index (χ1n) is 6.62. The first-order chi connectivity index (χ1) is 8.65. The molecule has 1 unspecified atom stereocenters. The Balaban J connectivity index is 0.00000180. The van der Waals surface area contributed by atoms with E-state index in [2.05, 4.69) is 21.8 Å². The number of halogens is 1. The third-order valence-corrected chi connectivity index (χ3v) is 3.33. The lowest BCUT2D eigenvalue weighted by atomic mass is 10.0. The van der Waals surface area contributed by atoms with E-state index in [1.807, 2.05) is 25.1 Å². The van der Waals surface area contributed by atoms with Crippen molar-refractivity contribution in [1.29, 1.82) is 0 Å². The number of aliphatic imine (C=N–C) groups is 1. The maximum absolute atomic E-state index is 6.04. The van der Waals surface area contributed by atoms with Gasteiger partial charge in [0.15, 0.2) is 5.96 Å². The van der Waals surface area contributed by atoms with Crippen LogP contribution in [-0.4, -0.2) is 28.9 Å². The van der Waals surface area contributed by atoms with Crippen LogP contribution in [0.5, 0.6) is 0 Å². The van der Waals surface area contributed by atoms with Crippen molar-refractivity contribution in [3.63, 3.8) is 0 Å². The second-order valence-electron chi connectivity index (χ2n) is 5.14. The van der Waals surface area contributed by atoms with Crippen LogP contribution in [0.2, 0.25) is 0 Å². The summed E-state index contributed by atoms with van der Waals surface area (Å²) in [4.78, 5) is 11.1. The van der Waals surface area contributed by atoms with Gasteiger partial charge in [-0.3, -0.25) is 4.98 Å². The molecule has 1 aliphatic rings. The van der Waals surface area contributed by atoms with Crippen LogP contribution in [0.3, 0.4) is 0 Å². The van der Waals surface area contributed by atoms with E-state index in [0.717, 1.165) is 24.5 Å². The summed E-state index contributed by atoms with van der Waals surface area (Å²) in [7, 11) is 0. The van der Waals surface area contributed by atoms with Gasteiger partial charge < -0.3 is 10.6 Å². The minimum atomic E-state index is 0. The molecule has 19 heavy (non-hydrogen) atoms. The number of rotatable bonds is 2. The van der Waals surface area contributed by atoms with Crippen molar-refractivity contribution < 1.29 is 0 Å². The lowest BCUT2D eigenvalue weighted by molar-refractivity contribution is 0.270. The lowest BCUT2D eigenvalue weighted by Crippen LogP contribution is -2.43. The molecule has 2 heterocycles. The highest BCUT2D eigenvalue weighted by atomic mass is 127. The fraction of sp³-hybridized carbons (Fsp3) is 0.571. The molecular weight excluding hydrogens is 351 g/mol. The van der Waals surface area contributed by atoms with Crippen molar-refractivity contribution in [3.05, 3.63) is 29.6 Å². The van der Waals surface area contributed by atoms with Crippen LogP contribution in [0.15, 0.2) is 23.2 Å². The van der Waals surface area contributed by atoms with E-state index in [4.69, 9.17) is 5.73 Å². The molecule has 1 atom stereocenters. The molecule has 1 aromatic rings. The number of aromatic nitrogens is 1. The Morgan fingerprint density at radius 3 is 3.00 bits per heavy atom. The fourth-order valence-corrected chi connectivity index (χ4v) is 2.35. The molecule has 4 nitrogen and oxygen atoms in total. The van der Waals surface area contributed by atoms with E-state index in [0.29, 0.717) is 18.4 Å². The van der Waals surface area contributed by atoms with Crippen LogP contribution < -0.4 is 5.73 Å². The van der Waals surface area contributed by atoms with Crippen LogP contribution in [0.1, 0.15) is 31.2 Å². The van der Waals surface area contributed by atoms with Gasteiger partial charge in [0.2, 0.25) is 0 Å². The summed E-state index contributed by atoms with van der Waals surface area (Å²) in [5.74, 6) is 1.37. The van der Waals surface area contributed by atoms with Crippen LogP contribution in [0.25, 0.3) is 0 Å². The van der Waals surface area contributed by atoms with E-state index in [1.165, 1.54) is 12.8 Å². The monoisotopic (exact) mass is 374 g/mol. The zero-order valence-corrected chi connectivity index (χ0v) is 14.0. The molecule has 0 aromatic carbocycles. The number of aryl methyl sites for hydroxylation is 1. The molecule has 2 rings (SSSR count). The van der Waals surface area contributed by atoms with Crippen LogP contribution in [0.4, 0.5) is 0 Å². The number of pyridine rings is 1. The molecule has 1 aromatic heterocycles. The van der Waals surface area contributed by atoms with E-state index >= 15 is 0 Å². The molecule has 0 spiro atoms. The minimum Gasteiger partial charge on any atom is -0.370 e. The Kier molecular flexibility index (Phi) is 6.54. The molecule has 2 N–H and O–H groups in total. The Labute approximate surface area is 132 Å². The van der Waals surface area contributed by atoms with Crippen molar-refractivity contribution in [1.82, 2.24) is 9.88 Å². The van der Waals surface area contributed by atoms with E-state index in [-0.39, 0.29) is 24.0 Å². The van der Waals surface area contributed by atoms with E-state index < -0.39 is 0 Å². The lowest BCUT2D eigenvalue weighted by Gasteiger charge is -2.31. The topological polar surface area (TPSA) is 54.5 Å². The predicted octanol–water partition coefficient (Wildman–Crippen LogP) is 2.55. The molecule has 106 valence electrons. The second-order valence-corrected chi connectivity index (χ2v) is 5.14. The molecule has 1 aliphatic heterocycles. The summed E-state index contributed by atoms with van der Waals surface area (Å²) in [6.45, 7) is 6.88. The Morgan fingerprint density at radius 1 is 1.53 bits per heavy atom. The number of piperidine rings is 1. The third kappa shape index (κ3) is 4.97. The Bertz CT molecular complexity index is 433. The number of hydrogen-bond donors (Lipinski definition) is 1. The molecule has 0 amide bonds. The van der Waals surface area contributed by atoms with Gasteiger partial charge in [0, 0.05) is 18.8 Å². The zero-order valence-electron chi connectivity index (χ0n) is 11.7. The summed E-state index contributed by atoms with van der Waals surface area (Å²) >= 11 is 0. The molecule has 0 saturated carbocycles. The first kappa shape index (κ1) is 16.2. The highest BCUT2D eigenvalue weighted by molar-refractivity contribution is 14.0. The third-order valence-electron chi connectivity index (χ3n) is 3.33. The highest BCUT2D eigenvalue weighted by Crippen LogP contribution is 2.15. The summed E-state index contributed by atoms with van der Waals surface area (Å²) in [5, 5.41) is 0. The van der Waals surface area contributed by atoms with Gasteiger partial charge in [-0.2, -0.15) is 0 Å². The van der Waals surface area contributed by atoms with Gasteiger partial charge in [-0.15, -0.1) is 24.0 Å². The largest absolute Gasteiger partial charge is 0.370 e. The van der Waals surface area contributed by atoms with E-state index in [9.17, 15) is 0 Å². The van der Waals surface area contributed by atoms with Crippen molar-refractivity contribution in [2.24, 2.45) is 16.6 Å². The first-order valence-corrected chi connectivity index (χ1v) is 6.62. The maximum atomic E-state index is 6.04. The maximum Gasteiger partial charge on any atom is 0.191 e. The van der Waals surface area contributed by atoms with Crippen LogP contribution in [0, 0.1) is 12.8 Å². The second kappa shape index (κ2) is 7.67. The highest BCUT2D eigenvalue weighted by Gasteiger charge is 2.17. The van der Waals surface area contributed by atoms with E-state index in [1.54, 1.807) is 0 Å². The summed E-state index contributed by atoms with van der Waals surface area (Å²) in [6.07, 6.45) is 2.50. The number of likely N-dealkylation sites (tertiary alicyclic amines) is 1. The molecule has 0 radical (unpaired) electrons. The molecule has 5 heteroatoms. The number of guanidine groups is 1. The average molecular weight is 374 g/mol. The van der Waals surface area contributed by atoms with Crippen molar-refractivity contribution in [3.8, 4) is 0 Å². The Morgan fingerprint density at radius 2 is 2.32 bits per heavy atom. The van der Waals surface area contributed by atoms with Gasteiger partial charge in [-0.05, 0) is 37.8 Å². The molecule has 0 aliphatic carbocycles. The molecular formula is C14H23IN4. The Hall–Kier alpha value is -0.850. The van der Waals surface area contributed by atoms with Gasteiger partial charge >= 0.3 is 0 Å². The zero-order chi connectivity index (χ0) is 13.0. The summed E-state index contributed by atoms with van der Waals surface area (Å²) in [5.41, 5.74) is 8.04. The average Bonchev–Trinajstić information content (AvgIpc) is 2.36.